The normalized spacial score (nSPS) is 20.2. The van der Waals surface area contributed by atoms with E-state index < -0.39 is 11.5 Å². The molecule has 6 nitrogen and oxygen atoms in total. The van der Waals surface area contributed by atoms with Gasteiger partial charge in [0.15, 0.2) is 0 Å². The van der Waals surface area contributed by atoms with Crippen LogP contribution >= 0.6 is 0 Å². The first-order chi connectivity index (χ1) is 11.0. The average Bonchev–Trinajstić information content (AvgIpc) is 2.94. The van der Waals surface area contributed by atoms with Crippen molar-refractivity contribution in [1.29, 1.82) is 0 Å². The Kier molecular flexibility index (Phi) is 5.98. The van der Waals surface area contributed by atoms with Crippen molar-refractivity contribution in [2.24, 2.45) is 0 Å². The van der Waals surface area contributed by atoms with Gasteiger partial charge in [-0.1, -0.05) is 12.1 Å². The molecule has 1 aromatic rings. The maximum Gasteiger partial charge on any atom is 0.305 e. The molecule has 1 heterocycles. The van der Waals surface area contributed by atoms with Crippen LogP contribution in [0.4, 0.5) is 0 Å². The molecule has 1 unspecified atom stereocenters. The third-order valence-corrected chi connectivity index (χ3v) is 3.87. The molecule has 1 aromatic carbocycles. The fourth-order valence-electron chi connectivity index (χ4n) is 2.71. The lowest BCUT2D eigenvalue weighted by molar-refractivity contribution is -0.139. The van der Waals surface area contributed by atoms with Crippen LogP contribution in [0.5, 0.6) is 5.75 Å². The Hall–Kier alpha value is -2.08. The van der Waals surface area contributed by atoms with Crippen molar-refractivity contribution in [2.75, 3.05) is 19.8 Å². The molecule has 1 saturated heterocycles. The summed E-state index contributed by atoms with van der Waals surface area (Å²) in [5.41, 5.74) is 0.278. The van der Waals surface area contributed by atoms with Gasteiger partial charge in [0.25, 0.3) is 0 Å². The number of aryl methyl sites for hydroxylation is 1. The van der Waals surface area contributed by atoms with Crippen LogP contribution in [0.2, 0.25) is 0 Å². The fraction of sp³-hybridized carbons (Fsp3) is 0.529. The Morgan fingerprint density at radius 2 is 2.09 bits per heavy atom. The lowest BCUT2D eigenvalue weighted by Gasteiger charge is -2.27. The van der Waals surface area contributed by atoms with Gasteiger partial charge in [0.2, 0.25) is 5.91 Å². The molecule has 1 atom stereocenters. The van der Waals surface area contributed by atoms with E-state index in [1.54, 1.807) is 0 Å². The van der Waals surface area contributed by atoms with E-state index in [1.807, 2.05) is 31.2 Å². The molecule has 126 valence electrons. The SMILES string of the molecule is CCOc1ccc(CCC(=O)NC2(CC(=O)O)CCOC2)cc1. The number of carbonyl (C=O) groups is 2. The van der Waals surface area contributed by atoms with Crippen molar-refractivity contribution in [2.45, 2.75) is 38.1 Å². The quantitative estimate of drug-likeness (QED) is 0.762. The summed E-state index contributed by atoms with van der Waals surface area (Å²) in [6.45, 7) is 3.29. The van der Waals surface area contributed by atoms with Crippen LogP contribution in [0, 0.1) is 0 Å². The highest BCUT2D eigenvalue weighted by Gasteiger charge is 2.38. The molecular formula is C17H23NO5. The highest BCUT2D eigenvalue weighted by Crippen LogP contribution is 2.23. The van der Waals surface area contributed by atoms with Crippen molar-refractivity contribution in [3.05, 3.63) is 29.8 Å². The molecule has 2 rings (SSSR count). The topological polar surface area (TPSA) is 84.9 Å². The summed E-state index contributed by atoms with van der Waals surface area (Å²) >= 11 is 0. The van der Waals surface area contributed by atoms with Gasteiger partial charge in [0.05, 0.1) is 25.2 Å². The number of carboxylic acid groups (broad SMARTS) is 1. The van der Waals surface area contributed by atoms with Crippen molar-refractivity contribution in [3.8, 4) is 5.75 Å². The number of aliphatic carboxylic acids is 1. The van der Waals surface area contributed by atoms with Gasteiger partial charge in [-0.05, 0) is 37.5 Å². The zero-order chi connectivity index (χ0) is 16.7. The first-order valence-corrected chi connectivity index (χ1v) is 7.85. The summed E-state index contributed by atoms with van der Waals surface area (Å²) in [5.74, 6) is -0.267. The number of ether oxygens (including phenoxy) is 2. The van der Waals surface area contributed by atoms with Crippen LogP contribution in [0.25, 0.3) is 0 Å². The molecule has 1 aliphatic heterocycles. The van der Waals surface area contributed by atoms with Crippen molar-refractivity contribution in [1.82, 2.24) is 5.32 Å². The second-order valence-corrected chi connectivity index (χ2v) is 5.78. The predicted octanol–water partition coefficient (Wildman–Crippen LogP) is 1.77. The highest BCUT2D eigenvalue weighted by molar-refractivity contribution is 5.78. The largest absolute Gasteiger partial charge is 0.494 e. The lowest BCUT2D eigenvalue weighted by atomic mass is 9.94. The van der Waals surface area contributed by atoms with E-state index in [1.165, 1.54) is 0 Å². The van der Waals surface area contributed by atoms with Gasteiger partial charge in [-0.3, -0.25) is 9.59 Å². The first kappa shape index (κ1) is 17.3. The number of carbonyl (C=O) groups excluding carboxylic acids is 1. The second kappa shape index (κ2) is 7.97. The number of amides is 1. The molecule has 6 heteroatoms. The summed E-state index contributed by atoms with van der Waals surface area (Å²) in [6.07, 6.45) is 1.34. The van der Waals surface area contributed by atoms with Crippen LogP contribution in [0.1, 0.15) is 31.7 Å². The minimum absolute atomic E-state index is 0.109. The molecule has 0 spiro atoms. The molecule has 1 fully saturated rings. The van der Waals surface area contributed by atoms with Crippen LogP contribution in [0.15, 0.2) is 24.3 Å². The van der Waals surface area contributed by atoms with Gasteiger partial charge in [-0.15, -0.1) is 0 Å². The standard InChI is InChI=1S/C17H23NO5/c1-2-23-14-6-3-13(4-7-14)5-8-15(19)18-17(11-16(20)21)9-10-22-12-17/h3-4,6-7H,2,5,8-12H2,1H3,(H,18,19)(H,20,21). The summed E-state index contributed by atoms with van der Waals surface area (Å²) in [4.78, 5) is 23.1. The summed E-state index contributed by atoms with van der Waals surface area (Å²) in [5, 5.41) is 11.9. The number of hydrogen-bond donors (Lipinski definition) is 2. The monoisotopic (exact) mass is 321 g/mol. The van der Waals surface area contributed by atoms with E-state index in [0.717, 1.165) is 11.3 Å². The Morgan fingerprint density at radius 3 is 2.65 bits per heavy atom. The maximum absolute atomic E-state index is 12.1. The van der Waals surface area contributed by atoms with E-state index >= 15 is 0 Å². The Labute approximate surface area is 135 Å². The number of benzene rings is 1. The van der Waals surface area contributed by atoms with Crippen molar-refractivity contribution < 1.29 is 24.2 Å². The molecule has 0 aromatic heterocycles. The maximum atomic E-state index is 12.1. The second-order valence-electron chi connectivity index (χ2n) is 5.78. The number of rotatable bonds is 8. The van der Waals surface area contributed by atoms with Crippen LogP contribution in [-0.4, -0.2) is 42.3 Å². The van der Waals surface area contributed by atoms with Crippen LogP contribution in [0.3, 0.4) is 0 Å². The molecule has 0 radical (unpaired) electrons. The van der Waals surface area contributed by atoms with Gasteiger partial charge in [0, 0.05) is 13.0 Å². The van der Waals surface area contributed by atoms with Gasteiger partial charge < -0.3 is 19.9 Å². The van der Waals surface area contributed by atoms with Gasteiger partial charge in [-0.25, -0.2) is 0 Å². The number of carboxylic acids is 1. The molecule has 23 heavy (non-hydrogen) atoms. The van der Waals surface area contributed by atoms with Gasteiger partial charge >= 0.3 is 5.97 Å². The summed E-state index contributed by atoms with van der Waals surface area (Å²) in [7, 11) is 0. The molecular weight excluding hydrogens is 298 g/mol. The van der Waals surface area contributed by atoms with Crippen LogP contribution in [-0.2, 0) is 20.7 Å². The van der Waals surface area contributed by atoms with Crippen LogP contribution < -0.4 is 10.1 Å². The zero-order valence-electron chi connectivity index (χ0n) is 13.3. The third-order valence-electron chi connectivity index (χ3n) is 3.87. The lowest BCUT2D eigenvalue weighted by Crippen LogP contribution is -2.50. The first-order valence-electron chi connectivity index (χ1n) is 7.85. The molecule has 1 amide bonds. The van der Waals surface area contributed by atoms with Crippen molar-refractivity contribution in [3.63, 3.8) is 0 Å². The fourth-order valence-corrected chi connectivity index (χ4v) is 2.71. The number of nitrogens with one attached hydrogen (secondary N) is 1. The molecule has 0 aliphatic carbocycles. The number of hydrogen-bond acceptors (Lipinski definition) is 4. The molecule has 0 saturated carbocycles. The third kappa shape index (κ3) is 5.25. The smallest absolute Gasteiger partial charge is 0.305 e. The van der Waals surface area contributed by atoms with E-state index in [9.17, 15) is 9.59 Å². The van der Waals surface area contributed by atoms with Gasteiger partial charge in [-0.2, -0.15) is 0 Å². The summed E-state index contributed by atoms with van der Waals surface area (Å²) < 4.78 is 10.6. The molecule has 2 N–H and O–H groups in total. The average molecular weight is 321 g/mol. The van der Waals surface area contributed by atoms with E-state index in [0.29, 0.717) is 32.5 Å². The Morgan fingerprint density at radius 1 is 1.35 bits per heavy atom. The Bertz CT molecular complexity index is 534. The van der Waals surface area contributed by atoms with E-state index in [4.69, 9.17) is 14.6 Å². The van der Waals surface area contributed by atoms with E-state index in [-0.39, 0.29) is 18.9 Å². The molecule has 1 aliphatic rings. The minimum Gasteiger partial charge on any atom is -0.494 e. The zero-order valence-corrected chi connectivity index (χ0v) is 13.3. The van der Waals surface area contributed by atoms with E-state index in [2.05, 4.69) is 5.32 Å². The van der Waals surface area contributed by atoms with Crippen molar-refractivity contribution >= 4 is 11.9 Å². The van der Waals surface area contributed by atoms with Gasteiger partial charge in [0.1, 0.15) is 5.75 Å². The minimum atomic E-state index is -0.928. The summed E-state index contributed by atoms with van der Waals surface area (Å²) in [6, 6.07) is 7.63. The predicted molar refractivity (Wildman–Crippen MR) is 84.5 cm³/mol. The molecule has 0 bridgehead atoms. The Balaban J connectivity index is 1.85. The highest BCUT2D eigenvalue weighted by atomic mass is 16.5.